The van der Waals surface area contributed by atoms with E-state index in [2.05, 4.69) is 29.5 Å². The predicted molar refractivity (Wildman–Crippen MR) is 126 cm³/mol. The van der Waals surface area contributed by atoms with Crippen molar-refractivity contribution in [2.45, 2.75) is 18.3 Å². The number of benzene rings is 2. The zero-order valence-electron chi connectivity index (χ0n) is 17.9. The van der Waals surface area contributed by atoms with Crippen LogP contribution in [0.2, 0.25) is 0 Å². The van der Waals surface area contributed by atoms with Crippen LogP contribution in [-0.2, 0) is 23.1 Å². The second-order valence-electron chi connectivity index (χ2n) is 8.15. The van der Waals surface area contributed by atoms with Gasteiger partial charge in [0.05, 0.1) is 5.52 Å². The number of hydrogen-bond acceptors (Lipinski definition) is 5. The molecule has 1 aromatic heterocycles. The summed E-state index contributed by atoms with van der Waals surface area (Å²) in [6, 6.07) is 15.2. The predicted octanol–water partition coefficient (Wildman–Crippen LogP) is 2.95. The number of fused-ring (bicyclic) bond motifs is 1. The summed E-state index contributed by atoms with van der Waals surface area (Å²) < 4.78 is 28.8. The van der Waals surface area contributed by atoms with Crippen molar-refractivity contribution in [3.05, 3.63) is 84.1 Å². The van der Waals surface area contributed by atoms with Crippen LogP contribution in [-0.4, -0.2) is 55.4 Å². The summed E-state index contributed by atoms with van der Waals surface area (Å²) in [5.41, 5.74) is 9.20. The molecular weight excluding hydrogens is 408 g/mol. The molecule has 164 valence electrons. The second kappa shape index (κ2) is 8.96. The molecule has 1 fully saturated rings. The van der Waals surface area contributed by atoms with Crippen LogP contribution in [0.3, 0.4) is 0 Å². The van der Waals surface area contributed by atoms with Gasteiger partial charge in [0.1, 0.15) is 5.25 Å². The lowest BCUT2D eigenvalue weighted by atomic mass is 10.0. The average Bonchev–Trinajstić information content (AvgIpc) is 3.22. The van der Waals surface area contributed by atoms with E-state index < -0.39 is 15.3 Å². The van der Waals surface area contributed by atoms with Crippen molar-refractivity contribution >= 4 is 20.9 Å². The van der Waals surface area contributed by atoms with Crippen molar-refractivity contribution in [1.29, 1.82) is 0 Å². The van der Waals surface area contributed by atoms with E-state index in [1.807, 2.05) is 42.5 Å². The second-order valence-corrected chi connectivity index (χ2v) is 10.1. The van der Waals surface area contributed by atoms with Crippen LogP contribution in [0.25, 0.3) is 10.9 Å². The molecule has 0 bridgehead atoms. The maximum atomic E-state index is 13.7. The lowest BCUT2D eigenvalue weighted by molar-refractivity contribution is 0.148. The fourth-order valence-electron chi connectivity index (χ4n) is 4.34. The molecule has 4 rings (SSSR count). The van der Waals surface area contributed by atoms with Crippen molar-refractivity contribution < 1.29 is 8.42 Å². The van der Waals surface area contributed by atoms with Crippen LogP contribution in [0.15, 0.2) is 67.4 Å². The molecule has 6 nitrogen and oxygen atoms in total. The van der Waals surface area contributed by atoms with E-state index in [4.69, 9.17) is 5.73 Å². The van der Waals surface area contributed by atoms with Gasteiger partial charge >= 0.3 is 0 Å². The van der Waals surface area contributed by atoms with Crippen LogP contribution in [0.5, 0.6) is 0 Å². The number of nitrogens with two attached hydrogens (primary N) is 1. The molecule has 0 amide bonds. The Kier molecular flexibility index (Phi) is 6.29. The summed E-state index contributed by atoms with van der Waals surface area (Å²) in [5.74, 6) is 0. The molecule has 1 aliphatic heterocycles. The summed E-state index contributed by atoms with van der Waals surface area (Å²) in [6.07, 6.45) is 3.15. The van der Waals surface area contributed by atoms with Gasteiger partial charge in [0.25, 0.3) is 0 Å². The molecule has 0 aliphatic carbocycles. The van der Waals surface area contributed by atoms with E-state index in [0.717, 1.165) is 49.2 Å². The number of piperazine rings is 1. The molecule has 1 unspecified atom stereocenters. The summed E-state index contributed by atoms with van der Waals surface area (Å²) in [7, 11) is -1.61. The summed E-state index contributed by atoms with van der Waals surface area (Å²) in [4.78, 5) is 4.75. The Hall–Kier alpha value is -2.45. The van der Waals surface area contributed by atoms with E-state index in [-0.39, 0.29) is 6.54 Å². The molecule has 3 aromatic rings. The minimum Gasteiger partial charge on any atom is -0.326 e. The third-order valence-electron chi connectivity index (χ3n) is 6.17. The third-order valence-corrected chi connectivity index (χ3v) is 8.12. The molecule has 0 radical (unpaired) electrons. The minimum absolute atomic E-state index is 0.275. The number of nitrogens with zero attached hydrogens (tertiary/aromatic N) is 3. The molecule has 31 heavy (non-hydrogen) atoms. The number of rotatable bonds is 7. The molecule has 1 saturated heterocycles. The van der Waals surface area contributed by atoms with Gasteiger partial charge in [-0.3, -0.25) is 4.90 Å². The van der Waals surface area contributed by atoms with Crippen molar-refractivity contribution in [2.24, 2.45) is 5.73 Å². The van der Waals surface area contributed by atoms with Gasteiger partial charge in [-0.2, -0.15) is 0 Å². The zero-order chi connectivity index (χ0) is 22.0. The van der Waals surface area contributed by atoms with Gasteiger partial charge in [-0.05, 0) is 35.9 Å². The van der Waals surface area contributed by atoms with Gasteiger partial charge in [-0.1, -0.05) is 42.5 Å². The average molecular weight is 439 g/mol. The Labute approximate surface area is 184 Å². The minimum atomic E-state index is -3.75. The molecule has 0 spiro atoms. The zero-order valence-corrected chi connectivity index (χ0v) is 18.8. The highest BCUT2D eigenvalue weighted by molar-refractivity contribution is 7.90. The van der Waals surface area contributed by atoms with Crippen molar-refractivity contribution in [2.75, 3.05) is 33.2 Å². The molecule has 2 N–H and O–H groups in total. The Morgan fingerprint density at radius 3 is 2.45 bits per heavy atom. The first-order chi connectivity index (χ1) is 15.0. The van der Waals surface area contributed by atoms with Gasteiger partial charge in [-0.25, -0.2) is 12.4 Å². The Bertz CT molecular complexity index is 1180. The van der Waals surface area contributed by atoms with Crippen molar-refractivity contribution in [3.63, 3.8) is 0 Å². The first-order valence-electron chi connectivity index (χ1n) is 10.6. The SMILES string of the molecule is C=CC(c1ccccc1CN)S(=O)(=O)n1ccc2c(CN3CCN(C)CC3)cccc21. The highest BCUT2D eigenvalue weighted by Crippen LogP contribution is 2.32. The van der Waals surface area contributed by atoms with E-state index in [1.54, 1.807) is 6.20 Å². The Balaban J connectivity index is 1.71. The molecule has 2 heterocycles. The molecule has 2 aromatic carbocycles. The highest BCUT2D eigenvalue weighted by atomic mass is 32.2. The van der Waals surface area contributed by atoms with Gasteiger partial charge in [0.15, 0.2) is 0 Å². The van der Waals surface area contributed by atoms with E-state index in [9.17, 15) is 8.42 Å². The van der Waals surface area contributed by atoms with Crippen LogP contribution >= 0.6 is 0 Å². The Morgan fingerprint density at radius 1 is 1.03 bits per heavy atom. The largest absolute Gasteiger partial charge is 0.326 e. The van der Waals surface area contributed by atoms with E-state index in [0.29, 0.717) is 11.1 Å². The molecule has 1 atom stereocenters. The van der Waals surface area contributed by atoms with Crippen LogP contribution in [0.4, 0.5) is 0 Å². The van der Waals surface area contributed by atoms with Crippen molar-refractivity contribution in [3.8, 4) is 0 Å². The standard InChI is InChI=1S/C24H30N4O2S/c1-3-24(22-9-5-4-7-19(22)17-25)31(29,30)28-12-11-21-20(8-6-10-23(21)28)18-27-15-13-26(2)14-16-27/h3-12,24H,1,13-18,25H2,2H3. The topological polar surface area (TPSA) is 71.6 Å². The monoisotopic (exact) mass is 438 g/mol. The highest BCUT2D eigenvalue weighted by Gasteiger charge is 2.29. The number of aromatic nitrogens is 1. The van der Waals surface area contributed by atoms with Gasteiger partial charge in [0, 0.05) is 50.9 Å². The van der Waals surface area contributed by atoms with E-state index in [1.165, 1.54) is 10.0 Å². The molecule has 7 heteroatoms. The van der Waals surface area contributed by atoms with Crippen LogP contribution in [0.1, 0.15) is 21.9 Å². The number of hydrogen-bond donors (Lipinski definition) is 1. The smallest absolute Gasteiger partial charge is 0.249 e. The molecule has 1 aliphatic rings. The molecule has 0 saturated carbocycles. The van der Waals surface area contributed by atoms with Gasteiger partial charge in [0.2, 0.25) is 10.0 Å². The quantitative estimate of drug-likeness (QED) is 0.574. The Morgan fingerprint density at radius 2 is 1.74 bits per heavy atom. The fourth-order valence-corrected chi connectivity index (χ4v) is 6.04. The first kappa shape index (κ1) is 21.8. The van der Waals surface area contributed by atoms with Crippen molar-refractivity contribution in [1.82, 2.24) is 13.8 Å². The molecular formula is C24H30N4O2S. The lowest BCUT2D eigenvalue weighted by Crippen LogP contribution is -2.43. The van der Waals surface area contributed by atoms with Crippen LogP contribution < -0.4 is 5.73 Å². The van der Waals surface area contributed by atoms with Gasteiger partial charge in [-0.15, -0.1) is 6.58 Å². The first-order valence-corrected chi connectivity index (χ1v) is 12.1. The maximum Gasteiger partial charge on any atom is 0.249 e. The lowest BCUT2D eigenvalue weighted by Gasteiger charge is -2.32. The van der Waals surface area contributed by atoms with Gasteiger partial charge < -0.3 is 10.6 Å². The van der Waals surface area contributed by atoms with Crippen LogP contribution in [0, 0.1) is 0 Å². The summed E-state index contributed by atoms with van der Waals surface area (Å²) >= 11 is 0. The number of likely N-dealkylation sites (N-methyl/N-ethyl adjacent to an activating group) is 1. The summed E-state index contributed by atoms with van der Waals surface area (Å²) in [6.45, 7) is 9.04. The summed E-state index contributed by atoms with van der Waals surface area (Å²) in [5, 5.41) is 0.101. The third kappa shape index (κ3) is 4.19. The normalized spacial score (nSPS) is 17.1. The van der Waals surface area contributed by atoms with E-state index >= 15 is 0 Å². The maximum absolute atomic E-state index is 13.7. The fraction of sp³-hybridized carbons (Fsp3) is 0.333.